The summed E-state index contributed by atoms with van der Waals surface area (Å²) in [6, 6.07) is 3.35. The highest BCUT2D eigenvalue weighted by Crippen LogP contribution is 2.30. The Bertz CT molecular complexity index is 643. The van der Waals surface area contributed by atoms with E-state index in [0.717, 1.165) is 25.3 Å². The topological polar surface area (TPSA) is 115 Å². The fraction of sp³-hybridized carbons (Fsp3) is 0.455. The van der Waals surface area contributed by atoms with Crippen LogP contribution in [0.25, 0.3) is 0 Å². The molecule has 20 heavy (non-hydrogen) atoms. The number of hydrogen-bond donors (Lipinski definition) is 2. The Labute approximate surface area is 121 Å². The molecule has 1 aromatic carbocycles. The minimum atomic E-state index is -3.84. The van der Waals surface area contributed by atoms with Gasteiger partial charge in [0.05, 0.1) is 9.82 Å². The number of sulfonamides is 1. The lowest BCUT2D eigenvalue weighted by atomic mass is 9.78. The van der Waals surface area contributed by atoms with Gasteiger partial charge in [0.2, 0.25) is 10.0 Å². The average Bonchev–Trinajstić information content (AvgIpc) is 2.34. The van der Waals surface area contributed by atoms with Gasteiger partial charge >= 0.3 is 0 Å². The van der Waals surface area contributed by atoms with E-state index in [1.54, 1.807) is 0 Å². The van der Waals surface area contributed by atoms with Gasteiger partial charge < -0.3 is 5.73 Å². The number of halogens is 1. The number of nitrogens with two attached hydrogens (primary N) is 1. The molecule has 2 rings (SSSR count). The summed E-state index contributed by atoms with van der Waals surface area (Å²) in [6.07, 6.45) is 2.50. The maximum atomic E-state index is 12.1. The van der Waals surface area contributed by atoms with Gasteiger partial charge in [-0.25, -0.2) is 13.1 Å². The van der Waals surface area contributed by atoms with E-state index in [1.165, 1.54) is 12.1 Å². The molecular formula is C11H14ClN3O4S. The zero-order chi connectivity index (χ0) is 15.0. The van der Waals surface area contributed by atoms with Crippen LogP contribution in [0.2, 0.25) is 5.02 Å². The van der Waals surface area contributed by atoms with Crippen molar-refractivity contribution < 1.29 is 13.3 Å². The Morgan fingerprint density at radius 2 is 2.10 bits per heavy atom. The first-order valence-corrected chi connectivity index (χ1v) is 7.82. The molecule has 1 saturated carbocycles. The average molecular weight is 320 g/mol. The van der Waals surface area contributed by atoms with Crippen LogP contribution in [0.1, 0.15) is 19.3 Å². The molecule has 0 radical (unpaired) electrons. The van der Waals surface area contributed by atoms with E-state index >= 15 is 0 Å². The molecule has 1 aliphatic rings. The van der Waals surface area contributed by atoms with Crippen LogP contribution < -0.4 is 10.5 Å². The molecule has 1 aliphatic carbocycles. The zero-order valence-corrected chi connectivity index (χ0v) is 12.1. The summed E-state index contributed by atoms with van der Waals surface area (Å²) in [5.74, 6) is 0. The summed E-state index contributed by atoms with van der Waals surface area (Å²) in [6.45, 7) is 0.117. The molecule has 110 valence electrons. The number of nitro groups is 1. The highest BCUT2D eigenvalue weighted by atomic mass is 35.5. The fourth-order valence-electron chi connectivity index (χ4n) is 1.93. The largest absolute Gasteiger partial charge is 0.324 e. The first-order valence-electron chi connectivity index (χ1n) is 5.96. The normalized spacial score (nSPS) is 17.5. The van der Waals surface area contributed by atoms with Gasteiger partial charge in [-0.1, -0.05) is 11.6 Å². The van der Waals surface area contributed by atoms with Crippen LogP contribution in [0.15, 0.2) is 23.1 Å². The van der Waals surface area contributed by atoms with Crippen molar-refractivity contribution in [2.45, 2.75) is 29.7 Å². The summed E-state index contributed by atoms with van der Waals surface area (Å²) in [4.78, 5) is 9.84. The van der Waals surface area contributed by atoms with Gasteiger partial charge in [0.25, 0.3) is 5.69 Å². The SMILES string of the molecule is NC1(CNS(=O)(=O)c2ccc(Cl)c([N+](=O)[O-])c2)CCC1. The number of nitrogens with one attached hydrogen (secondary N) is 1. The summed E-state index contributed by atoms with van der Waals surface area (Å²) in [7, 11) is -3.84. The predicted molar refractivity (Wildman–Crippen MR) is 74.1 cm³/mol. The van der Waals surface area contributed by atoms with Gasteiger partial charge in [-0.3, -0.25) is 10.1 Å². The number of nitro benzene ring substituents is 1. The minimum Gasteiger partial charge on any atom is -0.324 e. The molecule has 0 saturated heterocycles. The predicted octanol–water partition coefficient (Wildman–Crippen LogP) is 1.41. The van der Waals surface area contributed by atoms with E-state index < -0.39 is 26.2 Å². The van der Waals surface area contributed by atoms with E-state index in [4.69, 9.17) is 17.3 Å². The minimum absolute atomic E-state index is 0.108. The van der Waals surface area contributed by atoms with Crippen molar-refractivity contribution in [1.82, 2.24) is 4.72 Å². The number of benzene rings is 1. The van der Waals surface area contributed by atoms with Gasteiger partial charge in [0.15, 0.2) is 0 Å². The quantitative estimate of drug-likeness (QED) is 0.629. The Hall–Kier alpha value is -1.22. The van der Waals surface area contributed by atoms with Crippen LogP contribution in [0, 0.1) is 10.1 Å². The third-order valence-corrected chi connectivity index (χ3v) is 5.11. The maximum absolute atomic E-state index is 12.1. The van der Waals surface area contributed by atoms with E-state index in [9.17, 15) is 18.5 Å². The highest BCUT2D eigenvalue weighted by Gasteiger charge is 2.34. The summed E-state index contributed by atoms with van der Waals surface area (Å²) < 4.78 is 26.5. The summed E-state index contributed by atoms with van der Waals surface area (Å²) in [5.41, 5.74) is 4.98. The van der Waals surface area contributed by atoms with Crippen LogP contribution in [-0.2, 0) is 10.0 Å². The van der Waals surface area contributed by atoms with Crippen molar-refractivity contribution >= 4 is 27.3 Å². The van der Waals surface area contributed by atoms with Gasteiger partial charge in [0.1, 0.15) is 5.02 Å². The van der Waals surface area contributed by atoms with Gasteiger partial charge in [-0.15, -0.1) is 0 Å². The first-order chi connectivity index (χ1) is 9.23. The molecule has 0 unspecified atom stereocenters. The third kappa shape index (κ3) is 3.09. The lowest BCUT2D eigenvalue weighted by molar-refractivity contribution is -0.384. The lowest BCUT2D eigenvalue weighted by Gasteiger charge is -2.37. The van der Waals surface area contributed by atoms with E-state index in [-0.39, 0.29) is 16.5 Å². The fourth-order valence-corrected chi connectivity index (χ4v) is 3.27. The van der Waals surface area contributed by atoms with Crippen LogP contribution in [-0.4, -0.2) is 25.4 Å². The van der Waals surface area contributed by atoms with E-state index in [2.05, 4.69) is 4.72 Å². The molecule has 1 aromatic rings. The van der Waals surface area contributed by atoms with Gasteiger partial charge in [-0.2, -0.15) is 0 Å². The first kappa shape index (κ1) is 15.2. The van der Waals surface area contributed by atoms with Crippen molar-refractivity contribution in [1.29, 1.82) is 0 Å². The summed E-state index contributed by atoms with van der Waals surface area (Å²) in [5, 5.41) is 10.7. The molecule has 3 N–H and O–H groups in total. The molecule has 0 amide bonds. The molecule has 0 aromatic heterocycles. The Morgan fingerprint density at radius 3 is 2.60 bits per heavy atom. The van der Waals surface area contributed by atoms with Crippen molar-refractivity contribution in [3.8, 4) is 0 Å². The van der Waals surface area contributed by atoms with Crippen molar-refractivity contribution in [3.63, 3.8) is 0 Å². The number of rotatable bonds is 5. The number of nitrogens with zero attached hydrogens (tertiary/aromatic N) is 1. The highest BCUT2D eigenvalue weighted by molar-refractivity contribution is 7.89. The molecule has 0 spiro atoms. The Balaban J connectivity index is 2.21. The van der Waals surface area contributed by atoms with Crippen molar-refractivity contribution in [2.24, 2.45) is 5.73 Å². The standard InChI is InChI=1S/C11H14ClN3O4S/c12-9-3-2-8(6-10(9)15(16)17)20(18,19)14-7-11(13)4-1-5-11/h2-3,6,14H,1,4-5,7,13H2. The second kappa shape index (κ2) is 5.28. The van der Waals surface area contributed by atoms with Crippen LogP contribution in [0.5, 0.6) is 0 Å². The molecule has 0 aliphatic heterocycles. The second-order valence-corrected chi connectivity index (χ2v) is 7.08. The third-order valence-electron chi connectivity index (χ3n) is 3.39. The van der Waals surface area contributed by atoms with Gasteiger partial charge in [-0.05, 0) is 31.4 Å². The molecule has 9 heteroatoms. The van der Waals surface area contributed by atoms with Crippen LogP contribution >= 0.6 is 11.6 Å². The second-order valence-electron chi connectivity index (χ2n) is 4.91. The zero-order valence-electron chi connectivity index (χ0n) is 10.5. The number of hydrogen-bond acceptors (Lipinski definition) is 5. The monoisotopic (exact) mass is 319 g/mol. The Kier molecular flexibility index (Phi) is 4.01. The van der Waals surface area contributed by atoms with Crippen molar-refractivity contribution in [3.05, 3.63) is 33.3 Å². The molecule has 7 nitrogen and oxygen atoms in total. The molecule has 0 heterocycles. The van der Waals surface area contributed by atoms with Gasteiger partial charge in [0, 0.05) is 18.2 Å². The lowest BCUT2D eigenvalue weighted by Crippen LogP contribution is -2.54. The molecule has 1 fully saturated rings. The van der Waals surface area contributed by atoms with Crippen LogP contribution in [0.3, 0.4) is 0 Å². The smallest absolute Gasteiger partial charge is 0.289 e. The molecule has 0 atom stereocenters. The van der Waals surface area contributed by atoms with Crippen LogP contribution in [0.4, 0.5) is 5.69 Å². The maximum Gasteiger partial charge on any atom is 0.289 e. The molecular weight excluding hydrogens is 306 g/mol. The van der Waals surface area contributed by atoms with E-state index in [0.29, 0.717) is 0 Å². The summed E-state index contributed by atoms with van der Waals surface area (Å²) >= 11 is 5.65. The molecule has 0 bridgehead atoms. The van der Waals surface area contributed by atoms with Crippen molar-refractivity contribution in [2.75, 3.05) is 6.54 Å². The van der Waals surface area contributed by atoms with E-state index in [1.807, 2.05) is 0 Å². The Morgan fingerprint density at radius 1 is 1.45 bits per heavy atom.